The second-order valence-electron chi connectivity index (χ2n) is 9.29. The number of ether oxygens (including phenoxy) is 1. The van der Waals surface area contributed by atoms with Crippen molar-refractivity contribution in [2.45, 2.75) is 37.8 Å². The molecule has 2 aliphatic heterocycles. The predicted octanol–water partition coefficient (Wildman–Crippen LogP) is 4.11. The summed E-state index contributed by atoms with van der Waals surface area (Å²) in [4.78, 5) is 43.6. The first-order valence-corrected chi connectivity index (χ1v) is 14.1. The van der Waals surface area contributed by atoms with Gasteiger partial charge in [0.05, 0.1) is 18.4 Å². The zero-order chi connectivity index (χ0) is 27.4. The maximum absolute atomic E-state index is 14.0. The summed E-state index contributed by atoms with van der Waals surface area (Å²) in [6, 6.07) is 21.8. The molecule has 2 aromatic carbocycles. The van der Waals surface area contributed by atoms with Gasteiger partial charge >= 0.3 is 5.97 Å². The number of amides is 2. The predicted molar refractivity (Wildman–Crippen MR) is 148 cm³/mol. The van der Waals surface area contributed by atoms with Gasteiger partial charge in [-0.1, -0.05) is 60.7 Å². The van der Waals surface area contributed by atoms with Crippen LogP contribution in [-0.4, -0.2) is 57.8 Å². The number of carbonyl (C=O) groups is 3. The summed E-state index contributed by atoms with van der Waals surface area (Å²) in [5.74, 6) is -0.152. The van der Waals surface area contributed by atoms with E-state index in [4.69, 9.17) is 9.15 Å². The number of hydrogen-bond acceptors (Lipinski definition) is 7. The van der Waals surface area contributed by atoms with E-state index in [-0.39, 0.29) is 23.9 Å². The summed E-state index contributed by atoms with van der Waals surface area (Å²) >= 11 is 1.53. The van der Waals surface area contributed by atoms with E-state index >= 15 is 0 Å². The third kappa shape index (κ3) is 5.45. The molecule has 202 valence electrons. The molecule has 2 aliphatic rings. The van der Waals surface area contributed by atoms with Crippen LogP contribution in [0.1, 0.15) is 36.8 Å². The highest BCUT2D eigenvalue weighted by molar-refractivity contribution is 8.00. The van der Waals surface area contributed by atoms with Crippen LogP contribution in [0.2, 0.25) is 0 Å². The quantitative estimate of drug-likeness (QED) is 0.303. The van der Waals surface area contributed by atoms with Gasteiger partial charge in [0.1, 0.15) is 17.2 Å². The van der Waals surface area contributed by atoms with Crippen molar-refractivity contribution in [3.63, 3.8) is 0 Å². The maximum atomic E-state index is 14.0. The molecular formula is C30H31N3O5S. The molecule has 5 rings (SSSR count). The van der Waals surface area contributed by atoms with E-state index in [2.05, 4.69) is 10.2 Å². The summed E-state index contributed by atoms with van der Waals surface area (Å²) in [5.41, 5.74) is 2.68. The van der Waals surface area contributed by atoms with Crippen LogP contribution < -0.4 is 5.32 Å². The first kappa shape index (κ1) is 26.6. The fourth-order valence-corrected chi connectivity index (χ4v) is 6.37. The van der Waals surface area contributed by atoms with Gasteiger partial charge in [-0.2, -0.15) is 0 Å². The Morgan fingerprint density at radius 2 is 1.67 bits per heavy atom. The summed E-state index contributed by atoms with van der Waals surface area (Å²) in [6.07, 6.45) is 0.906. The number of β-lactam (4-membered cyclic amide) rings is 1. The van der Waals surface area contributed by atoms with E-state index in [1.54, 1.807) is 12.1 Å². The van der Waals surface area contributed by atoms with Gasteiger partial charge < -0.3 is 19.4 Å². The topological polar surface area (TPSA) is 92.1 Å². The molecule has 8 nitrogen and oxygen atoms in total. The normalized spacial score (nSPS) is 18.4. The van der Waals surface area contributed by atoms with Gasteiger partial charge in [0, 0.05) is 18.8 Å². The smallest absolute Gasteiger partial charge is 0.357 e. The number of nitrogens with one attached hydrogen (secondary N) is 1. The molecule has 0 bridgehead atoms. The van der Waals surface area contributed by atoms with Gasteiger partial charge in [0.25, 0.3) is 5.91 Å². The number of thioether (sulfide) groups is 1. The first-order valence-electron chi connectivity index (χ1n) is 13.1. The van der Waals surface area contributed by atoms with E-state index in [1.165, 1.54) is 22.9 Å². The molecule has 2 atom stereocenters. The molecule has 1 aromatic heterocycles. The van der Waals surface area contributed by atoms with Crippen LogP contribution >= 0.6 is 11.8 Å². The van der Waals surface area contributed by atoms with E-state index in [0.717, 1.165) is 16.8 Å². The molecule has 0 saturated carbocycles. The van der Waals surface area contributed by atoms with Crippen LogP contribution in [0.4, 0.5) is 0 Å². The van der Waals surface area contributed by atoms with Gasteiger partial charge in [-0.3, -0.25) is 14.5 Å². The number of nitrogens with zero attached hydrogens (tertiary/aromatic N) is 2. The molecule has 0 aliphatic carbocycles. The van der Waals surface area contributed by atoms with E-state index in [0.29, 0.717) is 24.6 Å². The second kappa shape index (κ2) is 11.8. The Morgan fingerprint density at radius 3 is 2.23 bits per heavy atom. The van der Waals surface area contributed by atoms with E-state index in [9.17, 15) is 14.4 Å². The molecular weight excluding hydrogens is 514 g/mol. The fourth-order valence-electron chi connectivity index (χ4n) is 4.98. The Hall–Kier alpha value is -3.98. The highest BCUT2D eigenvalue weighted by atomic mass is 32.2. The molecule has 39 heavy (non-hydrogen) atoms. The monoisotopic (exact) mass is 545 g/mol. The zero-order valence-electron chi connectivity index (χ0n) is 21.9. The molecule has 9 heteroatoms. The van der Waals surface area contributed by atoms with Crippen LogP contribution in [0.15, 0.2) is 94.9 Å². The van der Waals surface area contributed by atoms with E-state index < -0.39 is 23.5 Å². The Kier molecular flexibility index (Phi) is 8.07. The molecule has 2 amide bonds. The van der Waals surface area contributed by atoms with Gasteiger partial charge in [0.15, 0.2) is 11.8 Å². The minimum absolute atomic E-state index is 0.0411. The van der Waals surface area contributed by atoms with Crippen molar-refractivity contribution < 1.29 is 23.5 Å². The Balaban J connectivity index is 1.42. The van der Waals surface area contributed by atoms with Crippen LogP contribution in [0.5, 0.6) is 0 Å². The van der Waals surface area contributed by atoms with Gasteiger partial charge in [0.2, 0.25) is 5.91 Å². The number of benzene rings is 2. The average Bonchev–Trinajstić information content (AvgIpc) is 3.48. The second-order valence-corrected chi connectivity index (χ2v) is 10.4. The lowest BCUT2D eigenvalue weighted by Crippen LogP contribution is -2.71. The van der Waals surface area contributed by atoms with Crippen LogP contribution in [0.25, 0.3) is 0 Å². The van der Waals surface area contributed by atoms with Gasteiger partial charge in [-0.05, 0) is 37.1 Å². The fraction of sp³-hybridized carbons (Fsp3) is 0.300. The number of rotatable bonds is 10. The summed E-state index contributed by atoms with van der Waals surface area (Å²) in [5, 5.41) is 2.43. The molecule has 1 N–H and O–H groups in total. The SMILES string of the molecule is CCN(CC)C1=C(C(=O)OC(c2ccccc2)c2ccccc2)N2C(=O)C(NC(=O)Cc3ccco3)[C@@H]2SC1. The zero-order valence-corrected chi connectivity index (χ0v) is 22.7. The number of fused-ring (bicyclic) bond motifs is 1. The lowest BCUT2D eigenvalue weighted by molar-refractivity contribution is -0.155. The van der Waals surface area contributed by atoms with Crippen LogP contribution in [-0.2, 0) is 25.5 Å². The highest BCUT2D eigenvalue weighted by Crippen LogP contribution is 2.42. The van der Waals surface area contributed by atoms with Crippen LogP contribution in [0.3, 0.4) is 0 Å². The largest absolute Gasteiger partial charge is 0.469 e. The Bertz CT molecular complexity index is 1300. The maximum Gasteiger partial charge on any atom is 0.357 e. The molecule has 1 unspecified atom stereocenters. The van der Waals surface area contributed by atoms with Crippen molar-refractivity contribution >= 4 is 29.5 Å². The third-order valence-corrected chi connectivity index (χ3v) is 8.21. The molecule has 1 fully saturated rings. The van der Waals surface area contributed by atoms with Crippen molar-refractivity contribution in [2.24, 2.45) is 0 Å². The Morgan fingerprint density at radius 1 is 1.03 bits per heavy atom. The lowest BCUT2D eigenvalue weighted by atomic mass is 10.0. The first-order chi connectivity index (χ1) is 19.0. The number of hydrogen-bond donors (Lipinski definition) is 1. The summed E-state index contributed by atoms with van der Waals surface area (Å²) < 4.78 is 11.5. The minimum Gasteiger partial charge on any atom is -0.469 e. The summed E-state index contributed by atoms with van der Waals surface area (Å²) in [6.45, 7) is 5.39. The minimum atomic E-state index is -0.724. The van der Waals surface area contributed by atoms with Crippen LogP contribution in [0, 0.1) is 0 Å². The van der Waals surface area contributed by atoms with E-state index in [1.807, 2.05) is 74.5 Å². The Labute approximate surface area is 232 Å². The van der Waals surface area contributed by atoms with Crippen molar-refractivity contribution in [1.82, 2.24) is 15.1 Å². The van der Waals surface area contributed by atoms with Crippen molar-refractivity contribution in [2.75, 3.05) is 18.8 Å². The van der Waals surface area contributed by atoms with Crippen molar-refractivity contribution in [3.8, 4) is 0 Å². The molecule has 0 radical (unpaired) electrons. The lowest BCUT2D eigenvalue weighted by Gasteiger charge is -2.50. The standard InChI is InChI=1S/C30H31N3O5S/c1-3-32(4-2)23-19-39-29-25(31-24(34)18-22-16-11-17-37-22)28(35)33(29)26(23)30(36)38-27(20-12-7-5-8-13-20)21-14-9-6-10-15-21/h5-17,25,27,29H,3-4,18-19H2,1-2H3,(H,31,34)/t25?,29-/m0/s1. The highest BCUT2D eigenvalue weighted by Gasteiger charge is 2.55. The van der Waals surface area contributed by atoms with Crippen molar-refractivity contribution in [1.29, 1.82) is 0 Å². The van der Waals surface area contributed by atoms with Gasteiger partial charge in [-0.15, -0.1) is 11.8 Å². The number of furan rings is 1. The number of esters is 1. The molecule has 1 saturated heterocycles. The third-order valence-electron chi connectivity index (χ3n) is 6.95. The molecule has 3 aromatic rings. The molecule has 0 spiro atoms. The molecule has 3 heterocycles. The van der Waals surface area contributed by atoms with Crippen molar-refractivity contribution in [3.05, 3.63) is 107 Å². The number of carbonyl (C=O) groups excluding carboxylic acids is 3. The average molecular weight is 546 g/mol. The van der Waals surface area contributed by atoms with Gasteiger partial charge in [-0.25, -0.2) is 4.79 Å². The summed E-state index contributed by atoms with van der Waals surface area (Å²) in [7, 11) is 0.